The van der Waals surface area contributed by atoms with Crippen LogP contribution in [0.4, 0.5) is 10.9 Å². The molecule has 5 aromatic rings. The van der Waals surface area contributed by atoms with Gasteiger partial charge < -0.3 is 19.5 Å². The van der Waals surface area contributed by atoms with Crippen LogP contribution in [-0.2, 0) is 22.5 Å². The average molecular weight is 762 g/mol. The fraction of sp³-hybridized carbons (Fsp3) is 0.372. The van der Waals surface area contributed by atoms with Gasteiger partial charge >= 0.3 is 11.9 Å². The monoisotopic (exact) mass is 761 g/mol. The molecule has 4 heterocycles. The molecule has 0 spiro atoms. The Morgan fingerprint density at radius 1 is 0.964 bits per heavy atom. The van der Waals surface area contributed by atoms with Crippen LogP contribution in [0.2, 0.25) is 0 Å². The number of benzene rings is 3. The Labute approximate surface area is 325 Å². The number of fused-ring (bicyclic) bond motifs is 2. The predicted octanol–water partition coefficient (Wildman–Crippen LogP) is 8.00. The number of hydrogen-bond acceptors (Lipinski definition) is 10. The molecule has 3 aromatic carbocycles. The summed E-state index contributed by atoms with van der Waals surface area (Å²) in [4.78, 5) is 52.4. The number of nitrogens with zero attached hydrogens (tertiary/aromatic N) is 4. The number of amides is 1. The van der Waals surface area contributed by atoms with Crippen molar-refractivity contribution in [2.45, 2.75) is 65.5 Å². The number of rotatable bonds is 11. The number of anilines is 2. The second-order valence-corrected chi connectivity index (χ2v) is 16.4. The molecular weight excluding hydrogens is 715 g/mol. The number of pyridine rings is 1. The number of carboxylic acids is 1. The maximum absolute atomic E-state index is 13.9. The molecule has 55 heavy (non-hydrogen) atoms. The Morgan fingerprint density at radius 2 is 1.78 bits per heavy atom. The summed E-state index contributed by atoms with van der Waals surface area (Å²) in [5.74, 6) is 0.177. The van der Waals surface area contributed by atoms with Crippen molar-refractivity contribution in [3.63, 3.8) is 0 Å². The average Bonchev–Trinajstić information content (AvgIpc) is 3.56. The van der Waals surface area contributed by atoms with Gasteiger partial charge in [0, 0.05) is 30.8 Å². The second kappa shape index (κ2) is 16.2. The van der Waals surface area contributed by atoms with E-state index in [-0.39, 0.29) is 18.1 Å². The van der Waals surface area contributed by atoms with E-state index in [4.69, 9.17) is 14.5 Å². The normalized spacial score (nSPS) is 16.1. The van der Waals surface area contributed by atoms with Crippen molar-refractivity contribution >= 4 is 50.3 Å². The molecule has 2 aliphatic rings. The van der Waals surface area contributed by atoms with Crippen molar-refractivity contribution in [2.75, 3.05) is 43.0 Å². The molecule has 1 atom stereocenters. The highest BCUT2D eigenvalue weighted by atomic mass is 32.1. The number of para-hydroxylation sites is 1. The highest BCUT2D eigenvalue weighted by Gasteiger charge is 2.28. The molecule has 2 aromatic heterocycles. The van der Waals surface area contributed by atoms with E-state index in [1.165, 1.54) is 11.3 Å². The number of ether oxygens (including phenoxy) is 2. The molecule has 0 aliphatic carbocycles. The van der Waals surface area contributed by atoms with Crippen LogP contribution in [0, 0.1) is 12.8 Å². The van der Waals surface area contributed by atoms with Gasteiger partial charge in [0.2, 0.25) is 0 Å². The molecular formula is C43H47N5O6S. The van der Waals surface area contributed by atoms with Crippen LogP contribution < -0.4 is 15.0 Å². The number of nitrogens with one attached hydrogen (secondary N) is 1. The Bertz CT molecular complexity index is 2200. The first kappa shape index (κ1) is 38.0. The minimum Gasteiger partial charge on any atom is -0.493 e. The second-order valence-electron chi connectivity index (χ2n) is 15.3. The molecule has 2 N–H and O–H groups in total. The SMILES string of the molecule is Cc1c(OCC[C@@H]2CCCN(CC(=O)O)C2)cccc1-c1ccc(N2CCc3cccc(C(=O)Nc4nc5ccccc5s4)c3C2)nc1C(=O)OC(C)(C)C. The summed E-state index contributed by atoms with van der Waals surface area (Å²) in [7, 11) is 0. The quantitative estimate of drug-likeness (QED) is 0.128. The first-order valence-corrected chi connectivity index (χ1v) is 19.7. The molecule has 0 unspecified atom stereocenters. The van der Waals surface area contributed by atoms with Gasteiger partial charge in [-0.2, -0.15) is 0 Å². The van der Waals surface area contributed by atoms with Crippen LogP contribution in [0.5, 0.6) is 5.75 Å². The highest BCUT2D eigenvalue weighted by Crippen LogP contribution is 2.36. The standard InChI is InChI=1S/C43H47N5O6S/c1-27-30(12-8-15-35(27)53-23-20-28-10-9-21-47(24-28)26-38(49)50)31-17-18-37(45-39(31)41(52)54-43(2,3)4)48-22-19-29-11-7-13-32(33(29)25-48)40(51)46-42-44-34-14-5-6-16-36(34)55-42/h5-8,11-18,28H,9-10,19-26H2,1-4H3,(H,49,50)(H,44,46,51)/t28-/m0/s1. The minimum atomic E-state index is -0.797. The Balaban J connectivity index is 1.12. The third-order valence-electron chi connectivity index (χ3n) is 10.1. The van der Waals surface area contributed by atoms with Gasteiger partial charge in [0.25, 0.3) is 5.91 Å². The molecule has 0 saturated carbocycles. The van der Waals surface area contributed by atoms with E-state index in [9.17, 15) is 19.5 Å². The van der Waals surface area contributed by atoms with E-state index < -0.39 is 17.5 Å². The summed E-state index contributed by atoms with van der Waals surface area (Å²) in [6.45, 7) is 10.7. The van der Waals surface area contributed by atoms with E-state index in [2.05, 4.69) is 21.3 Å². The summed E-state index contributed by atoms with van der Waals surface area (Å²) in [6.07, 6.45) is 3.56. The number of aliphatic carboxylic acids is 1. The van der Waals surface area contributed by atoms with Gasteiger partial charge in [0.05, 0.1) is 23.4 Å². The fourth-order valence-corrected chi connectivity index (χ4v) is 8.38. The number of carbonyl (C=O) groups excluding carboxylic acids is 2. The molecule has 7 rings (SSSR count). The van der Waals surface area contributed by atoms with Crippen molar-refractivity contribution < 1.29 is 29.0 Å². The topological polar surface area (TPSA) is 134 Å². The van der Waals surface area contributed by atoms with E-state index in [0.29, 0.717) is 54.1 Å². The van der Waals surface area contributed by atoms with Gasteiger partial charge in [-0.3, -0.25) is 19.8 Å². The molecule has 2 aliphatic heterocycles. The van der Waals surface area contributed by atoms with Crippen LogP contribution in [0.15, 0.2) is 72.8 Å². The molecule has 1 amide bonds. The summed E-state index contributed by atoms with van der Waals surface area (Å²) < 4.78 is 13.2. The van der Waals surface area contributed by atoms with Gasteiger partial charge in [-0.25, -0.2) is 14.8 Å². The third kappa shape index (κ3) is 8.98. The Morgan fingerprint density at radius 3 is 2.58 bits per heavy atom. The molecule has 1 fully saturated rings. The summed E-state index contributed by atoms with van der Waals surface area (Å²) in [5, 5.41) is 12.8. The third-order valence-corrected chi connectivity index (χ3v) is 11.1. The number of aromatic nitrogens is 2. The van der Waals surface area contributed by atoms with Gasteiger partial charge in [-0.1, -0.05) is 47.7 Å². The molecule has 0 bridgehead atoms. The zero-order valence-electron chi connectivity index (χ0n) is 31.8. The van der Waals surface area contributed by atoms with Crippen LogP contribution >= 0.6 is 11.3 Å². The number of carbonyl (C=O) groups is 3. The first-order chi connectivity index (χ1) is 26.4. The lowest BCUT2D eigenvalue weighted by Gasteiger charge is -2.31. The molecule has 0 radical (unpaired) electrons. The fourth-order valence-electron chi connectivity index (χ4n) is 7.52. The van der Waals surface area contributed by atoms with Crippen LogP contribution in [0.25, 0.3) is 21.3 Å². The van der Waals surface area contributed by atoms with E-state index >= 15 is 0 Å². The van der Waals surface area contributed by atoms with E-state index in [0.717, 1.165) is 70.6 Å². The zero-order chi connectivity index (χ0) is 38.7. The van der Waals surface area contributed by atoms with Crippen molar-refractivity contribution in [2.24, 2.45) is 5.92 Å². The minimum absolute atomic E-state index is 0.0698. The van der Waals surface area contributed by atoms with Crippen LogP contribution in [0.3, 0.4) is 0 Å². The number of piperidine rings is 1. The maximum Gasteiger partial charge on any atom is 0.358 e. The molecule has 286 valence electrons. The van der Waals surface area contributed by atoms with E-state index in [1.807, 2.05) is 99.3 Å². The Hall–Kier alpha value is -5.33. The number of thiazole rings is 1. The smallest absolute Gasteiger partial charge is 0.358 e. The predicted molar refractivity (Wildman–Crippen MR) is 215 cm³/mol. The number of carboxylic acid groups (broad SMARTS) is 1. The number of hydrogen-bond donors (Lipinski definition) is 2. The maximum atomic E-state index is 13.9. The van der Waals surface area contributed by atoms with Gasteiger partial charge in [0.1, 0.15) is 17.2 Å². The van der Waals surface area contributed by atoms with Crippen LogP contribution in [-0.4, -0.2) is 76.2 Å². The lowest BCUT2D eigenvalue weighted by atomic mass is 9.94. The Kier molecular flexibility index (Phi) is 11.2. The van der Waals surface area contributed by atoms with Crippen molar-refractivity contribution in [1.29, 1.82) is 0 Å². The van der Waals surface area contributed by atoms with E-state index in [1.54, 1.807) is 0 Å². The number of esters is 1. The first-order valence-electron chi connectivity index (χ1n) is 18.9. The largest absolute Gasteiger partial charge is 0.493 e. The van der Waals surface area contributed by atoms with Crippen molar-refractivity contribution in [3.8, 4) is 16.9 Å². The van der Waals surface area contributed by atoms with Crippen molar-refractivity contribution in [3.05, 3.63) is 101 Å². The van der Waals surface area contributed by atoms with Crippen molar-refractivity contribution in [1.82, 2.24) is 14.9 Å². The zero-order valence-corrected chi connectivity index (χ0v) is 32.6. The number of likely N-dealkylation sites (tertiary alicyclic amines) is 1. The van der Waals surface area contributed by atoms with Gasteiger partial charge in [-0.05, 0) is 124 Å². The molecule has 12 heteroatoms. The summed E-state index contributed by atoms with van der Waals surface area (Å²) in [6, 6.07) is 23.3. The molecule has 1 saturated heterocycles. The van der Waals surface area contributed by atoms with Gasteiger partial charge in [-0.15, -0.1) is 0 Å². The molecule has 11 nitrogen and oxygen atoms in total. The highest BCUT2D eigenvalue weighted by molar-refractivity contribution is 7.22. The lowest BCUT2D eigenvalue weighted by molar-refractivity contribution is -0.138. The summed E-state index contributed by atoms with van der Waals surface area (Å²) in [5.41, 5.74) is 5.27. The summed E-state index contributed by atoms with van der Waals surface area (Å²) >= 11 is 1.44. The van der Waals surface area contributed by atoms with Crippen LogP contribution in [0.1, 0.15) is 77.6 Å². The van der Waals surface area contributed by atoms with Gasteiger partial charge in [0.15, 0.2) is 10.8 Å². The lowest BCUT2D eigenvalue weighted by Crippen LogP contribution is -2.39.